The highest BCUT2D eigenvalue weighted by Crippen LogP contribution is 2.12. The lowest BCUT2D eigenvalue weighted by atomic mass is 10.1. The summed E-state index contributed by atoms with van der Waals surface area (Å²) in [5.41, 5.74) is 0.861. The summed E-state index contributed by atoms with van der Waals surface area (Å²) in [4.78, 5) is 26.2. The van der Waals surface area contributed by atoms with Crippen LogP contribution in [-0.4, -0.2) is 49.9 Å². The van der Waals surface area contributed by atoms with E-state index in [2.05, 4.69) is 15.4 Å². The van der Waals surface area contributed by atoms with Gasteiger partial charge in [0.25, 0.3) is 0 Å². The molecule has 2 heterocycles. The molecule has 1 aliphatic heterocycles. The molecular formula is C14H15N5O2. The Balaban J connectivity index is 1.65. The van der Waals surface area contributed by atoms with Crippen molar-refractivity contribution in [3.8, 4) is 11.4 Å². The van der Waals surface area contributed by atoms with Crippen molar-refractivity contribution < 1.29 is 9.59 Å². The van der Waals surface area contributed by atoms with Gasteiger partial charge in [0.1, 0.15) is 12.3 Å². The first-order chi connectivity index (χ1) is 10.2. The number of nitrogens with zero attached hydrogens (tertiary/aromatic N) is 5. The van der Waals surface area contributed by atoms with Crippen molar-refractivity contribution in [3.63, 3.8) is 0 Å². The number of hydrogen-bond donors (Lipinski definition) is 0. The second-order valence-electron chi connectivity index (χ2n) is 4.93. The molecule has 3 rings (SSSR count). The molecular weight excluding hydrogens is 270 g/mol. The van der Waals surface area contributed by atoms with Crippen molar-refractivity contribution in [2.45, 2.75) is 19.4 Å². The maximum atomic E-state index is 12.1. The van der Waals surface area contributed by atoms with Crippen LogP contribution in [-0.2, 0) is 16.1 Å². The van der Waals surface area contributed by atoms with E-state index in [-0.39, 0.29) is 18.2 Å². The van der Waals surface area contributed by atoms with Gasteiger partial charge < -0.3 is 4.90 Å². The second-order valence-corrected chi connectivity index (χ2v) is 4.93. The molecule has 0 N–H and O–H groups in total. The molecule has 0 radical (unpaired) electrons. The maximum absolute atomic E-state index is 12.1. The summed E-state index contributed by atoms with van der Waals surface area (Å²) in [7, 11) is 0. The van der Waals surface area contributed by atoms with Crippen LogP contribution in [0.15, 0.2) is 30.3 Å². The van der Waals surface area contributed by atoms with Crippen molar-refractivity contribution in [1.82, 2.24) is 25.1 Å². The van der Waals surface area contributed by atoms with E-state index in [1.54, 1.807) is 4.90 Å². The third-order valence-corrected chi connectivity index (χ3v) is 3.44. The number of likely N-dealkylation sites (tertiary alicyclic amines) is 1. The van der Waals surface area contributed by atoms with E-state index < -0.39 is 0 Å². The predicted octanol–water partition coefficient (Wildman–Crippen LogP) is 0.532. The predicted molar refractivity (Wildman–Crippen MR) is 74.1 cm³/mol. The van der Waals surface area contributed by atoms with Gasteiger partial charge in [-0.2, -0.15) is 4.80 Å². The number of aromatic nitrogens is 4. The van der Waals surface area contributed by atoms with Crippen LogP contribution in [0.2, 0.25) is 0 Å². The Labute approximate surface area is 121 Å². The quantitative estimate of drug-likeness (QED) is 0.821. The molecule has 1 aliphatic rings. The molecule has 0 aliphatic carbocycles. The third-order valence-electron chi connectivity index (χ3n) is 3.44. The molecule has 0 saturated carbocycles. The van der Waals surface area contributed by atoms with Gasteiger partial charge in [-0.15, -0.1) is 10.2 Å². The number of piperidine rings is 1. The summed E-state index contributed by atoms with van der Waals surface area (Å²) < 4.78 is 0. The van der Waals surface area contributed by atoms with Gasteiger partial charge in [-0.1, -0.05) is 30.3 Å². The smallest absolute Gasteiger partial charge is 0.246 e. The summed E-state index contributed by atoms with van der Waals surface area (Å²) in [6, 6.07) is 9.48. The highest BCUT2D eigenvalue weighted by atomic mass is 16.2. The van der Waals surface area contributed by atoms with Gasteiger partial charge in [0.05, 0.1) is 0 Å². The van der Waals surface area contributed by atoms with Gasteiger partial charge >= 0.3 is 0 Å². The van der Waals surface area contributed by atoms with Crippen LogP contribution in [0, 0.1) is 0 Å². The minimum absolute atomic E-state index is 0.0496. The first-order valence-corrected chi connectivity index (χ1v) is 6.85. The van der Waals surface area contributed by atoms with E-state index in [4.69, 9.17) is 0 Å². The number of ketones is 1. The van der Waals surface area contributed by atoms with Crippen molar-refractivity contribution in [2.24, 2.45) is 0 Å². The van der Waals surface area contributed by atoms with E-state index >= 15 is 0 Å². The van der Waals surface area contributed by atoms with Gasteiger partial charge in [-0.05, 0) is 5.21 Å². The van der Waals surface area contributed by atoms with Crippen LogP contribution in [0.5, 0.6) is 0 Å². The Kier molecular flexibility index (Phi) is 3.72. The monoisotopic (exact) mass is 285 g/mol. The number of Topliss-reactive ketones (excluding diaryl/α,β-unsaturated/α-hetero) is 1. The third kappa shape index (κ3) is 3.13. The highest BCUT2D eigenvalue weighted by molar-refractivity contribution is 5.83. The zero-order valence-corrected chi connectivity index (χ0v) is 11.5. The summed E-state index contributed by atoms with van der Waals surface area (Å²) in [6.45, 7) is 1.02. The average molecular weight is 285 g/mol. The fourth-order valence-electron chi connectivity index (χ4n) is 2.24. The number of carbonyl (C=O) groups is 2. The molecule has 108 valence electrons. The van der Waals surface area contributed by atoms with E-state index in [1.165, 1.54) is 4.80 Å². The largest absolute Gasteiger partial charge is 0.340 e. The average Bonchev–Trinajstić information content (AvgIpc) is 2.97. The number of benzene rings is 1. The Hall–Kier alpha value is -2.57. The summed E-state index contributed by atoms with van der Waals surface area (Å²) in [5, 5.41) is 12.1. The molecule has 7 nitrogen and oxygen atoms in total. The molecule has 0 unspecified atom stereocenters. The zero-order chi connectivity index (χ0) is 14.7. The van der Waals surface area contributed by atoms with E-state index in [1.807, 2.05) is 30.3 Å². The molecule has 1 aromatic heterocycles. The molecule has 0 bridgehead atoms. The van der Waals surface area contributed by atoms with Gasteiger partial charge in [-0.3, -0.25) is 9.59 Å². The van der Waals surface area contributed by atoms with Crippen molar-refractivity contribution in [2.75, 3.05) is 13.1 Å². The maximum Gasteiger partial charge on any atom is 0.246 e. The van der Waals surface area contributed by atoms with Crippen LogP contribution < -0.4 is 0 Å². The molecule has 7 heteroatoms. The molecule has 1 aromatic carbocycles. The standard InChI is InChI=1S/C14H15N5O2/c20-12-6-8-18(9-7-12)13(21)10-19-16-14(15-17-19)11-4-2-1-3-5-11/h1-5H,6-10H2. The molecule has 0 atom stereocenters. The first kappa shape index (κ1) is 13.4. The molecule has 1 fully saturated rings. The number of tetrazole rings is 1. The number of amides is 1. The lowest BCUT2D eigenvalue weighted by molar-refractivity contribution is -0.135. The van der Waals surface area contributed by atoms with Gasteiger partial charge in [-0.25, -0.2) is 0 Å². The number of rotatable bonds is 3. The van der Waals surface area contributed by atoms with E-state index in [0.29, 0.717) is 31.8 Å². The van der Waals surface area contributed by atoms with Crippen LogP contribution in [0.25, 0.3) is 11.4 Å². The lowest BCUT2D eigenvalue weighted by Gasteiger charge is -2.25. The van der Waals surface area contributed by atoms with Gasteiger partial charge in [0.15, 0.2) is 0 Å². The Morgan fingerprint density at radius 1 is 1.14 bits per heavy atom. The van der Waals surface area contributed by atoms with E-state index in [0.717, 1.165) is 5.56 Å². The lowest BCUT2D eigenvalue weighted by Crippen LogP contribution is -2.40. The highest BCUT2D eigenvalue weighted by Gasteiger charge is 2.21. The van der Waals surface area contributed by atoms with Crippen molar-refractivity contribution >= 4 is 11.7 Å². The minimum atomic E-state index is -0.0838. The van der Waals surface area contributed by atoms with Crippen LogP contribution >= 0.6 is 0 Å². The van der Waals surface area contributed by atoms with Crippen LogP contribution in [0.1, 0.15) is 12.8 Å². The summed E-state index contributed by atoms with van der Waals surface area (Å²) in [6.07, 6.45) is 0.873. The zero-order valence-electron chi connectivity index (χ0n) is 11.5. The molecule has 21 heavy (non-hydrogen) atoms. The van der Waals surface area contributed by atoms with Gasteiger partial charge in [0, 0.05) is 31.5 Å². The molecule has 2 aromatic rings. The van der Waals surface area contributed by atoms with Gasteiger partial charge in [0.2, 0.25) is 11.7 Å². The molecule has 1 amide bonds. The topological polar surface area (TPSA) is 81.0 Å². The van der Waals surface area contributed by atoms with Crippen molar-refractivity contribution in [3.05, 3.63) is 30.3 Å². The molecule has 1 saturated heterocycles. The minimum Gasteiger partial charge on any atom is -0.340 e. The fourth-order valence-corrected chi connectivity index (χ4v) is 2.24. The van der Waals surface area contributed by atoms with Crippen LogP contribution in [0.4, 0.5) is 0 Å². The Morgan fingerprint density at radius 3 is 2.57 bits per heavy atom. The number of hydrogen-bond acceptors (Lipinski definition) is 5. The summed E-state index contributed by atoms with van der Waals surface area (Å²) in [5.74, 6) is 0.626. The van der Waals surface area contributed by atoms with Crippen molar-refractivity contribution in [1.29, 1.82) is 0 Å². The van der Waals surface area contributed by atoms with E-state index in [9.17, 15) is 9.59 Å². The van der Waals surface area contributed by atoms with Crippen LogP contribution in [0.3, 0.4) is 0 Å². The fraction of sp³-hybridized carbons (Fsp3) is 0.357. The molecule has 0 spiro atoms. The summed E-state index contributed by atoms with van der Waals surface area (Å²) >= 11 is 0. The second kappa shape index (κ2) is 5.82. The number of carbonyl (C=O) groups excluding carboxylic acids is 2. The Morgan fingerprint density at radius 2 is 1.86 bits per heavy atom. The Bertz CT molecular complexity index is 642. The SMILES string of the molecule is O=C1CCN(C(=O)Cn2nnc(-c3ccccc3)n2)CC1. The normalized spacial score (nSPS) is 15.2. The first-order valence-electron chi connectivity index (χ1n) is 6.85.